The van der Waals surface area contributed by atoms with Crippen molar-refractivity contribution >= 4 is 19.9 Å². The summed E-state index contributed by atoms with van der Waals surface area (Å²) < 4.78 is 7.74. The quantitative estimate of drug-likeness (QED) is 0.614. The Morgan fingerprint density at radius 3 is 2.53 bits per heavy atom. The largest absolute Gasteiger partial charge is 0.415 e. The minimum absolute atomic E-state index is 0.0173. The summed E-state index contributed by atoms with van der Waals surface area (Å²) in [6, 6.07) is 3.62. The van der Waals surface area contributed by atoms with Crippen LogP contribution in [0.1, 0.15) is 26.3 Å². The highest BCUT2D eigenvalue weighted by Gasteiger charge is 2.36. The molecule has 1 heterocycles. The summed E-state index contributed by atoms with van der Waals surface area (Å²) in [5, 5.41) is 0.190. The summed E-state index contributed by atoms with van der Waals surface area (Å²) in [4.78, 5) is 12.0. The lowest BCUT2D eigenvalue weighted by atomic mass is 10.2. The van der Waals surface area contributed by atoms with Crippen molar-refractivity contribution in [2.75, 3.05) is 6.61 Å². The molecule has 0 fully saturated rings. The smallest absolute Gasteiger partial charge is 0.255 e. The standard InChI is InChI=1S/C14H24ClNO2Si/c1-14(2,3)19(4,5)18-10-9-16-8-6-7-12(11-15)13(16)17/h6-8H,9-11H2,1-5H3. The molecule has 1 aromatic rings. The maximum Gasteiger partial charge on any atom is 0.255 e. The molecule has 0 N–H and O–H groups in total. The van der Waals surface area contributed by atoms with Crippen molar-refractivity contribution in [2.24, 2.45) is 0 Å². The van der Waals surface area contributed by atoms with Crippen LogP contribution in [0.15, 0.2) is 23.1 Å². The lowest BCUT2D eigenvalue weighted by Crippen LogP contribution is -2.41. The van der Waals surface area contributed by atoms with Crippen LogP contribution in [-0.4, -0.2) is 19.5 Å². The van der Waals surface area contributed by atoms with E-state index in [2.05, 4.69) is 33.9 Å². The Bertz CT molecular complexity index is 477. The third-order valence-electron chi connectivity index (χ3n) is 3.84. The third-order valence-corrected chi connectivity index (χ3v) is 8.67. The second-order valence-electron chi connectivity index (χ2n) is 6.27. The van der Waals surface area contributed by atoms with Gasteiger partial charge in [0, 0.05) is 18.3 Å². The average Bonchev–Trinajstić information content (AvgIpc) is 2.29. The molecule has 1 rings (SSSR count). The molecule has 108 valence electrons. The number of alkyl halides is 1. The molecule has 3 nitrogen and oxygen atoms in total. The van der Waals surface area contributed by atoms with Crippen LogP contribution >= 0.6 is 11.6 Å². The molecule has 0 atom stereocenters. The predicted octanol–water partition coefficient (Wildman–Crippen LogP) is 3.61. The first-order valence-corrected chi connectivity index (χ1v) is 10.0. The van der Waals surface area contributed by atoms with Crippen molar-refractivity contribution in [3.63, 3.8) is 0 Å². The molecule has 0 aliphatic rings. The molecule has 1 aromatic heterocycles. The molecular weight excluding hydrogens is 278 g/mol. The summed E-state index contributed by atoms with van der Waals surface area (Å²) in [6.07, 6.45) is 1.79. The number of rotatable bonds is 5. The van der Waals surface area contributed by atoms with Gasteiger partial charge >= 0.3 is 0 Å². The van der Waals surface area contributed by atoms with Gasteiger partial charge < -0.3 is 8.99 Å². The Balaban J connectivity index is 2.67. The molecule has 0 spiro atoms. The van der Waals surface area contributed by atoms with Gasteiger partial charge in [0.2, 0.25) is 0 Å². The zero-order valence-electron chi connectivity index (χ0n) is 12.5. The number of aromatic nitrogens is 1. The van der Waals surface area contributed by atoms with Gasteiger partial charge in [-0.3, -0.25) is 4.79 Å². The van der Waals surface area contributed by atoms with Crippen LogP contribution in [0.2, 0.25) is 18.1 Å². The molecule has 0 unspecified atom stereocenters. The van der Waals surface area contributed by atoms with Gasteiger partial charge in [0.25, 0.3) is 5.56 Å². The minimum Gasteiger partial charge on any atom is -0.415 e. The highest BCUT2D eigenvalue weighted by Crippen LogP contribution is 2.36. The molecule has 0 bridgehead atoms. The normalized spacial score (nSPS) is 12.7. The maximum atomic E-state index is 12.0. The molecule has 0 aromatic carbocycles. The summed E-state index contributed by atoms with van der Waals surface area (Å²) in [7, 11) is -1.74. The van der Waals surface area contributed by atoms with Crippen molar-refractivity contribution in [2.45, 2.75) is 51.3 Å². The van der Waals surface area contributed by atoms with Crippen LogP contribution in [0.5, 0.6) is 0 Å². The van der Waals surface area contributed by atoms with Gasteiger partial charge in [-0.2, -0.15) is 0 Å². The number of nitrogens with zero attached hydrogens (tertiary/aromatic N) is 1. The summed E-state index contributed by atoms with van der Waals surface area (Å²) >= 11 is 5.73. The second kappa shape index (κ2) is 6.24. The van der Waals surface area contributed by atoms with E-state index in [0.717, 1.165) is 0 Å². The van der Waals surface area contributed by atoms with E-state index in [4.69, 9.17) is 16.0 Å². The first kappa shape index (κ1) is 16.5. The van der Waals surface area contributed by atoms with E-state index in [1.165, 1.54) is 0 Å². The van der Waals surface area contributed by atoms with Crippen molar-refractivity contribution in [3.05, 3.63) is 34.2 Å². The molecule has 0 aliphatic carbocycles. The number of halogens is 1. The molecule has 0 aliphatic heterocycles. The Labute approximate surface area is 121 Å². The Morgan fingerprint density at radius 1 is 1.37 bits per heavy atom. The number of pyridine rings is 1. The summed E-state index contributed by atoms with van der Waals surface area (Å²) in [5.41, 5.74) is 0.618. The van der Waals surface area contributed by atoms with Gasteiger partial charge in [-0.25, -0.2) is 0 Å². The maximum absolute atomic E-state index is 12.0. The van der Waals surface area contributed by atoms with Gasteiger partial charge in [-0.05, 0) is 24.2 Å². The van der Waals surface area contributed by atoms with Crippen LogP contribution in [0.4, 0.5) is 0 Å². The monoisotopic (exact) mass is 301 g/mol. The summed E-state index contributed by atoms with van der Waals surface area (Å²) in [6.45, 7) is 12.2. The SMILES string of the molecule is CC(C)(C)[Si](C)(C)OCCn1cccc(CCl)c1=O. The molecule has 0 amide bonds. The molecule has 0 saturated carbocycles. The van der Waals surface area contributed by atoms with Gasteiger partial charge in [-0.1, -0.05) is 26.8 Å². The highest BCUT2D eigenvalue weighted by atomic mass is 35.5. The van der Waals surface area contributed by atoms with Crippen LogP contribution in [0.25, 0.3) is 0 Å². The fraction of sp³-hybridized carbons (Fsp3) is 0.643. The zero-order valence-corrected chi connectivity index (χ0v) is 14.3. The van der Waals surface area contributed by atoms with Gasteiger partial charge in [0.05, 0.1) is 12.5 Å². The van der Waals surface area contributed by atoms with E-state index in [-0.39, 0.29) is 16.5 Å². The van der Waals surface area contributed by atoms with Crippen LogP contribution < -0.4 is 5.56 Å². The first-order valence-electron chi connectivity index (χ1n) is 6.57. The van der Waals surface area contributed by atoms with E-state index >= 15 is 0 Å². The Kier molecular flexibility index (Phi) is 5.41. The van der Waals surface area contributed by atoms with E-state index in [1.807, 2.05) is 6.07 Å². The molecule has 19 heavy (non-hydrogen) atoms. The lowest BCUT2D eigenvalue weighted by Gasteiger charge is -2.36. The van der Waals surface area contributed by atoms with Crippen molar-refractivity contribution in [1.82, 2.24) is 4.57 Å². The number of hydrogen-bond donors (Lipinski definition) is 0. The Morgan fingerprint density at radius 2 is 2.00 bits per heavy atom. The van der Waals surface area contributed by atoms with Crippen molar-refractivity contribution in [3.8, 4) is 0 Å². The molecule has 5 heteroatoms. The lowest BCUT2D eigenvalue weighted by molar-refractivity contribution is 0.270. The fourth-order valence-electron chi connectivity index (χ4n) is 1.48. The molecule has 0 saturated heterocycles. The van der Waals surface area contributed by atoms with Crippen LogP contribution in [0.3, 0.4) is 0 Å². The predicted molar refractivity (Wildman–Crippen MR) is 83.4 cm³/mol. The third kappa shape index (κ3) is 4.19. The van der Waals surface area contributed by atoms with E-state index < -0.39 is 8.32 Å². The van der Waals surface area contributed by atoms with Gasteiger partial charge in [0.1, 0.15) is 0 Å². The molecule has 0 radical (unpaired) electrons. The van der Waals surface area contributed by atoms with E-state index in [0.29, 0.717) is 18.7 Å². The zero-order chi connectivity index (χ0) is 14.7. The van der Waals surface area contributed by atoms with E-state index in [9.17, 15) is 4.79 Å². The van der Waals surface area contributed by atoms with Gasteiger partial charge in [0.15, 0.2) is 8.32 Å². The second-order valence-corrected chi connectivity index (χ2v) is 11.4. The fourth-order valence-corrected chi connectivity index (χ4v) is 2.72. The van der Waals surface area contributed by atoms with Crippen molar-refractivity contribution < 1.29 is 4.43 Å². The first-order chi connectivity index (χ1) is 8.69. The van der Waals surface area contributed by atoms with Crippen molar-refractivity contribution in [1.29, 1.82) is 0 Å². The van der Waals surface area contributed by atoms with Crippen LogP contribution in [0, 0.1) is 0 Å². The molecular formula is C14H24ClNO2Si. The topological polar surface area (TPSA) is 31.2 Å². The Hall–Kier alpha value is -0.583. The highest BCUT2D eigenvalue weighted by molar-refractivity contribution is 6.74. The average molecular weight is 302 g/mol. The summed E-state index contributed by atoms with van der Waals surface area (Å²) in [5.74, 6) is 0.253. The number of hydrogen-bond acceptors (Lipinski definition) is 2. The van der Waals surface area contributed by atoms with Gasteiger partial charge in [-0.15, -0.1) is 11.6 Å². The van der Waals surface area contributed by atoms with E-state index in [1.54, 1.807) is 16.8 Å². The van der Waals surface area contributed by atoms with Crippen LogP contribution in [-0.2, 0) is 16.9 Å². The minimum atomic E-state index is -1.74.